The van der Waals surface area contributed by atoms with E-state index >= 15 is 0 Å². The number of hydrogen-bond acceptors (Lipinski definition) is 6. The van der Waals surface area contributed by atoms with Crippen LogP contribution >= 0.6 is 11.6 Å². The third-order valence-electron chi connectivity index (χ3n) is 4.33. The zero-order valence-corrected chi connectivity index (χ0v) is 15.7. The normalized spacial score (nSPS) is 18.4. The van der Waals surface area contributed by atoms with Crippen molar-refractivity contribution in [2.24, 2.45) is 5.10 Å². The fourth-order valence-corrected chi connectivity index (χ4v) is 3.27. The lowest BCUT2D eigenvalue weighted by atomic mass is 9.84. The van der Waals surface area contributed by atoms with Crippen LogP contribution in [-0.2, 0) is 9.53 Å². The molecule has 7 heteroatoms. The predicted molar refractivity (Wildman–Crippen MR) is 103 cm³/mol. The molecule has 1 N–H and O–H groups in total. The third-order valence-corrected chi connectivity index (χ3v) is 4.68. The van der Waals surface area contributed by atoms with E-state index in [0.717, 1.165) is 0 Å². The average Bonchev–Trinajstić information content (AvgIpc) is 3.13. The number of ketones is 1. The van der Waals surface area contributed by atoms with Gasteiger partial charge in [0.1, 0.15) is 11.8 Å². The van der Waals surface area contributed by atoms with Gasteiger partial charge in [-0.3, -0.25) is 10.2 Å². The van der Waals surface area contributed by atoms with Crippen LogP contribution in [0.15, 0.2) is 53.6 Å². The minimum atomic E-state index is -0.766. The highest BCUT2D eigenvalue weighted by molar-refractivity contribution is 6.41. The number of hydrazone groups is 1. The number of Topliss-reactive ketones (excluding diaryl/α,β-unsaturated/α-hetero) is 1. The van der Waals surface area contributed by atoms with Crippen molar-refractivity contribution in [3.05, 3.63) is 64.7 Å². The molecule has 2 atom stereocenters. The summed E-state index contributed by atoms with van der Waals surface area (Å²) in [5, 5.41) is 4.56. The molecule has 0 fully saturated rings. The Bertz CT molecular complexity index is 880. The third kappa shape index (κ3) is 3.80. The largest absolute Gasteiger partial charge is 0.497 e. The van der Waals surface area contributed by atoms with Crippen molar-refractivity contribution in [1.82, 2.24) is 5.43 Å². The molecule has 0 bridgehead atoms. The second-order valence-corrected chi connectivity index (χ2v) is 6.32. The Morgan fingerprint density at radius 1 is 1.15 bits per heavy atom. The van der Waals surface area contributed by atoms with Crippen LogP contribution in [0.1, 0.15) is 28.8 Å². The summed E-state index contributed by atoms with van der Waals surface area (Å²) in [6.45, 7) is 1.93. The predicted octanol–water partition coefficient (Wildman–Crippen LogP) is 3.21. The Balaban J connectivity index is 1.97. The Morgan fingerprint density at radius 2 is 1.85 bits per heavy atom. The van der Waals surface area contributed by atoms with Crippen molar-refractivity contribution in [2.75, 3.05) is 13.7 Å². The van der Waals surface area contributed by atoms with Crippen LogP contribution in [0, 0.1) is 0 Å². The summed E-state index contributed by atoms with van der Waals surface area (Å²) in [6.07, 6.45) is 0. The smallest absolute Gasteiger partial charge is 0.355 e. The summed E-state index contributed by atoms with van der Waals surface area (Å²) in [5.74, 6) is -0.769. The van der Waals surface area contributed by atoms with Gasteiger partial charge in [-0.1, -0.05) is 29.8 Å². The monoisotopic (exact) mass is 386 g/mol. The van der Waals surface area contributed by atoms with E-state index in [1.165, 1.54) is 0 Å². The number of methoxy groups -OCH3 is 1. The van der Waals surface area contributed by atoms with Crippen LogP contribution in [0.4, 0.5) is 0 Å². The van der Waals surface area contributed by atoms with Crippen LogP contribution in [0.3, 0.4) is 0 Å². The summed E-state index contributed by atoms with van der Waals surface area (Å²) in [7, 11) is 1.56. The van der Waals surface area contributed by atoms with E-state index in [1.807, 2.05) is 0 Å². The lowest BCUT2D eigenvalue weighted by molar-refractivity contribution is -0.135. The van der Waals surface area contributed by atoms with Gasteiger partial charge in [0.15, 0.2) is 11.5 Å². The van der Waals surface area contributed by atoms with Gasteiger partial charge >= 0.3 is 5.97 Å². The topological polar surface area (TPSA) is 77.0 Å². The standard InChI is InChI=1S/C20H19ClN2O4/c1-3-27-20(25)18-16(14-6-4-5-7-15(14)21)17(22-23-18)19(24)12-8-10-13(26-2)11-9-12/h4-11,16-17,22H,3H2,1-2H3/t16-,17+/m1/s1. The lowest BCUT2D eigenvalue weighted by Gasteiger charge is -2.20. The minimum Gasteiger partial charge on any atom is -0.497 e. The lowest BCUT2D eigenvalue weighted by Crippen LogP contribution is -2.38. The first kappa shape index (κ1) is 18.9. The molecule has 0 spiro atoms. The number of rotatable bonds is 6. The molecule has 0 aliphatic carbocycles. The van der Waals surface area contributed by atoms with Crippen LogP contribution in [0.25, 0.3) is 0 Å². The van der Waals surface area contributed by atoms with Crippen molar-refractivity contribution in [1.29, 1.82) is 0 Å². The van der Waals surface area contributed by atoms with Crippen molar-refractivity contribution in [2.45, 2.75) is 18.9 Å². The van der Waals surface area contributed by atoms with E-state index < -0.39 is 17.9 Å². The molecule has 3 rings (SSSR count). The maximum atomic E-state index is 13.1. The summed E-state index contributed by atoms with van der Waals surface area (Å²) in [6, 6.07) is 13.1. The molecule has 0 radical (unpaired) electrons. The molecule has 2 aromatic rings. The zero-order chi connectivity index (χ0) is 19.4. The summed E-state index contributed by atoms with van der Waals surface area (Å²) in [4.78, 5) is 25.5. The van der Waals surface area contributed by atoms with Gasteiger partial charge in [0.25, 0.3) is 0 Å². The first-order valence-corrected chi connectivity index (χ1v) is 8.87. The van der Waals surface area contributed by atoms with Crippen molar-refractivity contribution >= 4 is 29.1 Å². The van der Waals surface area contributed by atoms with Crippen LogP contribution in [0.5, 0.6) is 5.75 Å². The van der Waals surface area contributed by atoms with E-state index in [1.54, 1.807) is 62.6 Å². The maximum Gasteiger partial charge on any atom is 0.355 e. The maximum absolute atomic E-state index is 13.1. The molecular weight excluding hydrogens is 368 g/mol. The summed E-state index contributed by atoms with van der Waals surface area (Å²) in [5.41, 5.74) is 4.05. The minimum absolute atomic E-state index is 0.136. The van der Waals surface area contributed by atoms with Crippen molar-refractivity contribution in [3.63, 3.8) is 0 Å². The molecule has 1 aliphatic rings. The molecule has 0 saturated heterocycles. The van der Waals surface area contributed by atoms with Gasteiger partial charge in [0.05, 0.1) is 19.6 Å². The average molecular weight is 387 g/mol. The molecule has 6 nitrogen and oxygen atoms in total. The zero-order valence-electron chi connectivity index (χ0n) is 14.9. The Morgan fingerprint density at radius 3 is 2.48 bits per heavy atom. The number of hydrogen-bond donors (Lipinski definition) is 1. The molecule has 140 valence electrons. The quantitative estimate of drug-likeness (QED) is 0.609. The number of esters is 1. The highest BCUT2D eigenvalue weighted by Gasteiger charge is 2.42. The van der Waals surface area contributed by atoms with E-state index in [9.17, 15) is 9.59 Å². The van der Waals surface area contributed by atoms with Crippen LogP contribution < -0.4 is 10.2 Å². The van der Waals surface area contributed by atoms with E-state index in [4.69, 9.17) is 21.1 Å². The molecule has 0 amide bonds. The molecule has 0 saturated carbocycles. The number of ether oxygens (including phenoxy) is 2. The Hall–Kier alpha value is -2.86. The number of benzene rings is 2. The van der Waals surface area contributed by atoms with Gasteiger partial charge in [0.2, 0.25) is 0 Å². The number of halogens is 1. The first-order chi connectivity index (χ1) is 13.1. The fraction of sp³-hybridized carbons (Fsp3) is 0.250. The van der Waals surface area contributed by atoms with Crippen LogP contribution in [-0.4, -0.2) is 37.2 Å². The van der Waals surface area contributed by atoms with Crippen molar-refractivity contribution in [3.8, 4) is 5.75 Å². The van der Waals surface area contributed by atoms with Crippen molar-refractivity contribution < 1.29 is 19.1 Å². The molecule has 27 heavy (non-hydrogen) atoms. The number of carbonyl (C=O) groups excluding carboxylic acids is 2. The molecule has 1 heterocycles. The molecule has 0 aromatic heterocycles. The molecular formula is C20H19ClN2O4. The second kappa shape index (κ2) is 8.22. The highest BCUT2D eigenvalue weighted by atomic mass is 35.5. The van der Waals surface area contributed by atoms with Gasteiger partial charge < -0.3 is 9.47 Å². The van der Waals surface area contributed by atoms with E-state index in [2.05, 4.69) is 10.5 Å². The van der Waals surface area contributed by atoms with Gasteiger partial charge in [-0.25, -0.2) is 4.79 Å². The number of nitrogens with one attached hydrogen (secondary N) is 1. The Kier molecular flexibility index (Phi) is 5.76. The van der Waals surface area contributed by atoms with E-state index in [0.29, 0.717) is 21.9 Å². The van der Waals surface area contributed by atoms with Gasteiger partial charge in [-0.05, 0) is 42.8 Å². The van der Waals surface area contributed by atoms with E-state index in [-0.39, 0.29) is 18.1 Å². The summed E-state index contributed by atoms with van der Waals surface area (Å²) < 4.78 is 10.2. The first-order valence-electron chi connectivity index (χ1n) is 8.49. The number of carbonyl (C=O) groups is 2. The highest BCUT2D eigenvalue weighted by Crippen LogP contribution is 2.33. The van der Waals surface area contributed by atoms with Gasteiger partial charge in [-0.2, -0.15) is 5.10 Å². The summed E-state index contributed by atoms with van der Waals surface area (Å²) >= 11 is 6.34. The van der Waals surface area contributed by atoms with Gasteiger partial charge in [-0.15, -0.1) is 0 Å². The number of nitrogens with zero attached hydrogens (tertiary/aromatic N) is 1. The molecule has 0 unspecified atom stereocenters. The SMILES string of the molecule is CCOC(=O)C1=NN[C@H](C(=O)c2ccc(OC)cc2)[C@H]1c1ccccc1Cl. The second-order valence-electron chi connectivity index (χ2n) is 5.92. The van der Waals surface area contributed by atoms with Gasteiger partial charge in [0, 0.05) is 10.6 Å². The van der Waals surface area contributed by atoms with Crippen LogP contribution in [0.2, 0.25) is 5.02 Å². The molecule has 1 aliphatic heterocycles. The fourth-order valence-electron chi connectivity index (χ4n) is 3.02. The molecule has 2 aromatic carbocycles. The Labute approximate surface area is 162 Å².